The summed E-state index contributed by atoms with van der Waals surface area (Å²) in [7, 11) is 1.55. The molecule has 4 aromatic rings. The summed E-state index contributed by atoms with van der Waals surface area (Å²) in [4.78, 5) is 48.6. The van der Waals surface area contributed by atoms with E-state index in [1.807, 2.05) is 24.3 Å². The number of carbonyl (C=O) groups is 2. The van der Waals surface area contributed by atoms with Crippen LogP contribution >= 0.6 is 23.2 Å². The Morgan fingerprint density at radius 1 is 1.05 bits per heavy atom. The first-order valence-electron chi connectivity index (χ1n) is 13.2. The van der Waals surface area contributed by atoms with Crippen molar-refractivity contribution in [1.82, 2.24) is 19.5 Å². The maximum atomic E-state index is 12.6. The van der Waals surface area contributed by atoms with Gasteiger partial charge in [0, 0.05) is 24.7 Å². The molecule has 4 rings (SSSR count). The summed E-state index contributed by atoms with van der Waals surface area (Å²) in [5.74, 6) is -0.187. The van der Waals surface area contributed by atoms with Gasteiger partial charge in [0.25, 0.3) is 0 Å². The molecule has 0 atom stereocenters. The number of aromatic amines is 1. The van der Waals surface area contributed by atoms with E-state index in [1.54, 1.807) is 7.11 Å². The van der Waals surface area contributed by atoms with Gasteiger partial charge in [-0.05, 0) is 29.7 Å². The van der Waals surface area contributed by atoms with E-state index < -0.39 is 0 Å². The van der Waals surface area contributed by atoms with E-state index in [9.17, 15) is 14.4 Å². The number of H-pyrrole nitrogens is 1. The molecule has 13 heteroatoms. The van der Waals surface area contributed by atoms with Crippen molar-refractivity contribution in [1.29, 1.82) is 0 Å². The van der Waals surface area contributed by atoms with Gasteiger partial charge in [-0.25, -0.2) is 4.79 Å². The molecule has 0 aliphatic carbocycles. The summed E-state index contributed by atoms with van der Waals surface area (Å²) in [5.41, 5.74) is 8.55. The molecule has 2 aromatic heterocycles. The molecule has 11 nitrogen and oxygen atoms in total. The van der Waals surface area contributed by atoms with Crippen LogP contribution in [0, 0.1) is 6.92 Å². The third-order valence-electron chi connectivity index (χ3n) is 6.51. The van der Waals surface area contributed by atoms with Crippen LogP contribution in [0.1, 0.15) is 34.3 Å². The fraction of sp³-hybridized carbons (Fsp3) is 0.267. The summed E-state index contributed by atoms with van der Waals surface area (Å²) >= 11 is 12.5. The number of aryl methyl sites for hydroxylation is 1. The molecule has 43 heavy (non-hydrogen) atoms. The van der Waals surface area contributed by atoms with E-state index in [4.69, 9.17) is 43.1 Å². The third-order valence-corrected chi connectivity index (χ3v) is 7.37. The number of methoxy groups -OCH3 is 1. The van der Waals surface area contributed by atoms with Gasteiger partial charge in [0.15, 0.2) is 23.0 Å². The number of nitrogens with zero attached hydrogens (tertiary/aromatic N) is 3. The number of fused-ring (bicyclic) bond motifs is 1. The largest absolute Gasteiger partial charge is 0.484 e. The molecule has 0 amide bonds. The highest BCUT2D eigenvalue weighted by Crippen LogP contribution is 2.36. The number of Topliss-reactive ketones (excluding diaryl/α,β-unsaturated/α-hetero) is 2. The van der Waals surface area contributed by atoms with Gasteiger partial charge in [-0.2, -0.15) is 9.97 Å². The van der Waals surface area contributed by atoms with Gasteiger partial charge in [-0.15, -0.1) is 0 Å². The first-order chi connectivity index (χ1) is 20.6. The van der Waals surface area contributed by atoms with Crippen LogP contribution in [-0.4, -0.2) is 58.0 Å². The van der Waals surface area contributed by atoms with Crippen molar-refractivity contribution in [3.8, 4) is 11.8 Å². The number of nitrogen functional groups attached to an aromatic ring is 1. The van der Waals surface area contributed by atoms with Gasteiger partial charge in [0.1, 0.15) is 35.9 Å². The topological polar surface area (TPSA) is 151 Å². The summed E-state index contributed by atoms with van der Waals surface area (Å²) < 4.78 is 17.5. The summed E-state index contributed by atoms with van der Waals surface area (Å²) in [6, 6.07) is 10.5. The van der Waals surface area contributed by atoms with Gasteiger partial charge in [-0.1, -0.05) is 54.0 Å². The number of imidazole rings is 1. The minimum absolute atomic E-state index is 0.0352. The van der Waals surface area contributed by atoms with Crippen molar-refractivity contribution in [2.45, 2.75) is 25.8 Å². The monoisotopic (exact) mass is 626 g/mol. The van der Waals surface area contributed by atoms with Crippen LogP contribution in [0.4, 0.5) is 5.82 Å². The zero-order chi connectivity index (χ0) is 31.1. The normalized spacial score (nSPS) is 11.0. The number of halogens is 2. The number of ether oxygens (including phenoxy) is 3. The first-order valence-corrected chi connectivity index (χ1v) is 14.0. The predicted octanol–water partition coefficient (Wildman–Crippen LogP) is 4.63. The van der Waals surface area contributed by atoms with Crippen LogP contribution in [0.3, 0.4) is 0 Å². The number of carbonyl (C=O) groups excluding carboxylic acids is 2. The third kappa shape index (κ3) is 7.56. The Bertz CT molecular complexity index is 1720. The highest BCUT2D eigenvalue weighted by molar-refractivity contribution is 6.45. The standard InChI is InChI=1S/C30H29Cl2N5O6/c1-4-17(2)26(39)21-11-12-22(24(32)23(21)31)43-16-20(38)10-9-18-5-7-19(8-6-18)15-37-28-25(34-30(37)40)27(33)35-29(36-28)42-14-13-41-3/h5-8,11-12H,1-2,4,9-10,13-16H2,3H3,(H2-,33,34,35,36,40)/p+1. The zero-order valence-corrected chi connectivity index (χ0v) is 25.0. The summed E-state index contributed by atoms with van der Waals surface area (Å²) in [5, 5.41) is 0.0824. The maximum absolute atomic E-state index is 12.6. The Balaban J connectivity index is 1.34. The molecule has 3 N–H and O–H groups in total. The van der Waals surface area contributed by atoms with Gasteiger partial charge in [-0.3, -0.25) is 14.2 Å². The van der Waals surface area contributed by atoms with Gasteiger partial charge in [0.05, 0.1) is 25.1 Å². The summed E-state index contributed by atoms with van der Waals surface area (Å²) in [6.45, 7) is 7.93. The van der Waals surface area contributed by atoms with Crippen molar-refractivity contribution in [2.24, 2.45) is 0 Å². The predicted molar refractivity (Wildman–Crippen MR) is 164 cm³/mol. The number of rotatable bonds is 15. The lowest BCUT2D eigenvalue weighted by atomic mass is 10.0. The van der Waals surface area contributed by atoms with Crippen molar-refractivity contribution in [3.63, 3.8) is 0 Å². The zero-order valence-electron chi connectivity index (χ0n) is 23.5. The average molecular weight is 628 g/mol. The Morgan fingerprint density at radius 2 is 1.77 bits per heavy atom. The van der Waals surface area contributed by atoms with E-state index in [-0.39, 0.29) is 83.0 Å². The second-order valence-electron chi connectivity index (χ2n) is 9.51. The molecule has 0 aliphatic heterocycles. The van der Waals surface area contributed by atoms with E-state index in [0.717, 1.165) is 11.1 Å². The second kappa shape index (κ2) is 14.2. The van der Waals surface area contributed by atoms with Crippen molar-refractivity contribution < 1.29 is 23.8 Å². The molecule has 0 fully saturated rings. The number of aromatic nitrogens is 4. The molecule has 0 saturated carbocycles. The highest BCUT2D eigenvalue weighted by Gasteiger charge is 2.20. The van der Waals surface area contributed by atoms with Gasteiger partial charge >= 0.3 is 11.7 Å². The number of anilines is 1. The molecule has 0 bridgehead atoms. The number of hydrogen-bond donors (Lipinski definition) is 2. The molecular formula is C30H30Cl2N5O6+. The number of nitrogens with two attached hydrogens (primary N) is 1. The van der Waals surface area contributed by atoms with E-state index in [2.05, 4.69) is 28.5 Å². The lowest BCUT2D eigenvalue weighted by Crippen LogP contribution is -2.18. The van der Waals surface area contributed by atoms with E-state index in [0.29, 0.717) is 29.8 Å². The van der Waals surface area contributed by atoms with Crippen molar-refractivity contribution in [2.75, 3.05) is 32.7 Å². The van der Waals surface area contributed by atoms with Crippen LogP contribution < -0.4 is 20.9 Å². The van der Waals surface area contributed by atoms with Gasteiger partial charge < -0.3 is 24.9 Å². The average Bonchev–Trinajstić information content (AvgIpc) is 3.31. The molecule has 224 valence electrons. The van der Waals surface area contributed by atoms with Gasteiger partial charge in [0.2, 0.25) is 0 Å². The quantitative estimate of drug-likeness (QED) is 0.0832. The van der Waals surface area contributed by atoms with E-state index in [1.165, 1.54) is 16.7 Å². The van der Waals surface area contributed by atoms with Crippen LogP contribution in [0.5, 0.6) is 11.8 Å². The SMILES string of the molecule is C=C(C[CH2+])C(=O)c1ccc(OCC(=O)CCc2ccc(Cn3c(=O)[nH]c4c(N)nc(OCCOC)nc43)cc2)c(Cl)c1Cl. The fourth-order valence-corrected chi connectivity index (χ4v) is 4.55. The number of benzene rings is 2. The molecule has 0 aliphatic rings. The van der Waals surface area contributed by atoms with E-state index >= 15 is 0 Å². The second-order valence-corrected chi connectivity index (χ2v) is 10.3. The number of hydrogen-bond acceptors (Lipinski definition) is 9. The fourth-order valence-electron chi connectivity index (χ4n) is 4.09. The molecular weight excluding hydrogens is 597 g/mol. The van der Waals surface area contributed by atoms with Crippen molar-refractivity contribution >= 4 is 51.8 Å². The molecule has 0 radical (unpaired) electrons. The molecule has 2 heterocycles. The van der Waals surface area contributed by atoms with Crippen LogP contribution in [-0.2, 0) is 22.5 Å². The smallest absolute Gasteiger partial charge is 0.328 e. The number of allylic oxidation sites excluding steroid dienone is 1. The van der Waals surface area contributed by atoms with Crippen LogP contribution in [0.2, 0.25) is 10.0 Å². The first kappa shape index (κ1) is 31.6. The molecule has 2 aromatic carbocycles. The Labute approximate surface area is 257 Å². The number of ketones is 2. The Kier molecular flexibility index (Phi) is 10.5. The highest BCUT2D eigenvalue weighted by atomic mass is 35.5. The lowest BCUT2D eigenvalue weighted by molar-refractivity contribution is -0.121. The minimum Gasteiger partial charge on any atom is -0.484 e. The Morgan fingerprint density at radius 3 is 2.47 bits per heavy atom. The number of nitrogens with one attached hydrogen (secondary N) is 1. The minimum atomic E-state index is -0.383. The van der Waals surface area contributed by atoms with Crippen LogP contribution in [0.15, 0.2) is 53.3 Å². The molecule has 0 unspecified atom stereocenters. The maximum Gasteiger partial charge on any atom is 0.328 e. The Hall–Kier alpha value is -4.32. The van der Waals surface area contributed by atoms with Crippen LogP contribution in [0.25, 0.3) is 11.2 Å². The molecule has 0 spiro atoms. The lowest BCUT2D eigenvalue weighted by Gasteiger charge is -2.11. The molecule has 0 saturated heterocycles. The summed E-state index contributed by atoms with van der Waals surface area (Å²) in [6.07, 6.45) is 0.953. The van der Waals surface area contributed by atoms with Crippen molar-refractivity contribution in [3.05, 3.63) is 92.7 Å².